The minimum atomic E-state index is -3.87. The molecule has 0 bridgehead atoms. The fourth-order valence-corrected chi connectivity index (χ4v) is 5.26. The smallest absolute Gasteiger partial charge is 0.270 e. The Morgan fingerprint density at radius 2 is 1.79 bits per heavy atom. The van der Waals surface area contributed by atoms with E-state index >= 15 is 0 Å². The van der Waals surface area contributed by atoms with Gasteiger partial charge in [0.25, 0.3) is 5.69 Å². The Bertz CT molecular complexity index is 965. The number of non-ortho nitro benzene ring substituents is 1. The average molecular weight is 404 g/mol. The van der Waals surface area contributed by atoms with Crippen LogP contribution in [0.4, 0.5) is 5.69 Å². The summed E-state index contributed by atoms with van der Waals surface area (Å²) in [5, 5.41) is 11.0. The maximum absolute atomic E-state index is 12.9. The molecule has 1 aliphatic rings. The van der Waals surface area contributed by atoms with E-state index in [9.17, 15) is 18.5 Å². The Balaban J connectivity index is 1.87. The van der Waals surface area contributed by atoms with Gasteiger partial charge in [-0.3, -0.25) is 10.1 Å². The second-order valence-electron chi connectivity index (χ2n) is 7.25. The molecule has 0 radical (unpaired) electrons. The molecule has 1 fully saturated rings. The second-order valence-corrected chi connectivity index (χ2v) is 8.98. The number of rotatable bonds is 7. The zero-order valence-electron chi connectivity index (χ0n) is 16.0. The maximum Gasteiger partial charge on any atom is 0.270 e. The lowest BCUT2D eigenvalue weighted by Gasteiger charge is -2.30. The van der Waals surface area contributed by atoms with E-state index in [1.54, 1.807) is 14.0 Å². The van der Waals surface area contributed by atoms with Crippen LogP contribution in [0.1, 0.15) is 36.8 Å². The van der Waals surface area contributed by atoms with Gasteiger partial charge in [0.05, 0.1) is 16.9 Å². The summed E-state index contributed by atoms with van der Waals surface area (Å²) >= 11 is 0. The number of aryl methyl sites for hydroxylation is 1. The lowest BCUT2D eigenvalue weighted by Crippen LogP contribution is -2.39. The standard InChI is InChI=1S/C20H24N2O5S/c1-15-5-8-17(22(23)24)13-19(15)28(25,26)21-14-20(11-3-4-12-20)16-6-9-18(27-2)10-7-16/h5-10,13,21H,3-4,11-12,14H2,1-2H3. The maximum atomic E-state index is 12.9. The first-order valence-corrected chi connectivity index (χ1v) is 10.6. The number of nitrogens with one attached hydrogen (secondary N) is 1. The van der Waals surface area contributed by atoms with Crippen LogP contribution in [-0.4, -0.2) is 27.0 Å². The predicted molar refractivity (Wildman–Crippen MR) is 106 cm³/mol. The Morgan fingerprint density at radius 1 is 1.14 bits per heavy atom. The minimum absolute atomic E-state index is 0.0513. The Labute approximate surface area is 164 Å². The van der Waals surface area contributed by atoms with E-state index in [0.29, 0.717) is 5.56 Å². The first-order chi connectivity index (χ1) is 13.3. The average Bonchev–Trinajstić information content (AvgIpc) is 3.17. The summed E-state index contributed by atoms with van der Waals surface area (Å²) in [6, 6.07) is 11.6. The Kier molecular flexibility index (Phi) is 5.71. The van der Waals surface area contributed by atoms with Gasteiger partial charge in [-0.25, -0.2) is 13.1 Å². The van der Waals surface area contributed by atoms with Crippen molar-refractivity contribution < 1.29 is 18.1 Å². The van der Waals surface area contributed by atoms with Crippen molar-refractivity contribution in [3.8, 4) is 5.75 Å². The third-order valence-electron chi connectivity index (χ3n) is 5.54. The first-order valence-electron chi connectivity index (χ1n) is 9.17. The van der Waals surface area contributed by atoms with Gasteiger partial charge in [-0.2, -0.15) is 0 Å². The van der Waals surface area contributed by atoms with E-state index in [4.69, 9.17) is 4.74 Å². The summed E-state index contributed by atoms with van der Waals surface area (Å²) in [5.74, 6) is 0.754. The quantitative estimate of drug-likeness (QED) is 0.560. The van der Waals surface area contributed by atoms with Gasteiger partial charge in [-0.05, 0) is 43.0 Å². The topological polar surface area (TPSA) is 98.5 Å². The molecule has 0 amide bonds. The van der Waals surface area contributed by atoms with E-state index in [0.717, 1.165) is 43.1 Å². The minimum Gasteiger partial charge on any atom is -0.497 e. The van der Waals surface area contributed by atoms with Crippen molar-refractivity contribution in [1.29, 1.82) is 0 Å². The van der Waals surface area contributed by atoms with Gasteiger partial charge in [-0.1, -0.05) is 31.0 Å². The highest BCUT2D eigenvalue weighted by Gasteiger charge is 2.37. The number of ether oxygens (including phenoxy) is 1. The Hall–Kier alpha value is -2.45. The summed E-state index contributed by atoms with van der Waals surface area (Å²) in [4.78, 5) is 10.4. The van der Waals surface area contributed by atoms with Crippen LogP contribution < -0.4 is 9.46 Å². The van der Waals surface area contributed by atoms with Gasteiger partial charge in [0, 0.05) is 24.1 Å². The fraction of sp³-hybridized carbons (Fsp3) is 0.400. The number of sulfonamides is 1. The summed E-state index contributed by atoms with van der Waals surface area (Å²) in [6.07, 6.45) is 3.83. The molecule has 0 spiro atoms. The molecule has 0 aromatic heterocycles. The largest absolute Gasteiger partial charge is 0.497 e. The molecule has 150 valence electrons. The van der Waals surface area contributed by atoms with Crippen molar-refractivity contribution in [2.75, 3.05) is 13.7 Å². The molecule has 1 N–H and O–H groups in total. The van der Waals surface area contributed by atoms with E-state index in [1.165, 1.54) is 12.1 Å². The second kappa shape index (κ2) is 7.89. The normalized spacial score (nSPS) is 16.1. The summed E-state index contributed by atoms with van der Waals surface area (Å²) in [6.45, 7) is 1.89. The van der Waals surface area contributed by atoms with Crippen molar-refractivity contribution in [3.05, 3.63) is 63.7 Å². The van der Waals surface area contributed by atoms with Gasteiger partial charge >= 0.3 is 0 Å². The summed E-state index contributed by atoms with van der Waals surface area (Å²) in [7, 11) is -2.27. The lowest BCUT2D eigenvalue weighted by molar-refractivity contribution is -0.385. The van der Waals surface area contributed by atoms with Crippen molar-refractivity contribution >= 4 is 15.7 Å². The van der Waals surface area contributed by atoms with Crippen LogP contribution in [0.5, 0.6) is 5.75 Å². The highest BCUT2D eigenvalue weighted by Crippen LogP contribution is 2.41. The predicted octanol–water partition coefficient (Wildman–Crippen LogP) is 3.70. The van der Waals surface area contributed by atoms with E-state index in [2.05, 4.69) is 4.72 Å². The molecule has 0 aliphatic heterocycles. The fourth-order valence-electron chi connectivity index (χ4n) is 3.87. The lowest BCUT2D eigenvalue weighted by atomic mass is 9.79. The number of hydrogen-bond donors (Lipinski definition) is 1. The van der Waals surface area contributed by atoms with Gasteiger partial charge in [-0.15, -0.1) is 0 Å². The van der Waals surface area contributed by atoms with Crippen LogP contribution in [-0.2, 0) is 15.4 Å². The van der Waals surface area contributed by atoms with E-state index < -0.39 is 14.9 Å². The molecule has 3 rings (SSSR count). The highest BCUT2D eigenvalue weighted by atomic mass is 32.2. The zero-order valence-corrected chi connectivity index (χ0v) is 16.8. The SMILES string of the molecule is COc1ccc(C2(CNS(=O)(=O)c3cc([N+](=O)[O-])ccc3C)CCCC2)cc1. The number of methoxy groups -OCH3 is 1. The van der Waals surface area contributed by atoms with Crippen molar-refractivity contribution in [2.45, 2.75) is 42.9 Å². The number of nitro benzene ring substituents is 1. The molecule has 0 atom stereocenters. The van der Waals surface area contributed by atoms with Gasteiger partial charge in [0.1, 0.15) is 5.75 Å². The highest BCUT2D eigenvalue weighted by molar-refractivity contribution is 7.89. The number of nitro groups is 1. The zero-order chi connectivity index (χ0) is 20.4. The van der Waals surface area contributed by atoms with Crippen molar-refractivity contribution in [1.82, 2.24) is 4.72 Å². The molecule has 2 aromatic carbocycles. The van der Waals surface area contributed by atoms with Gasteiger partial charge in [0.15, 0.2) is 0 Å². The monoisotopic (exact) mass is 404 g/mol. The van der Waals surface area contributed by atoms with Crippen molar-refractivity contribution in [2.24, 2.45) is 0 Å². The molecule has 8 heteroatoms. The van der Waals surface area contributed by atoms with E-state index in [-0.39, 0.29) is 22.5 Å². The van der Waals surface area contributed by atoms with Crippen LogP contribution in [0.25, 0.3) is 0 Å². The van der Waals surface area contributed by atoms with Crippen LogP contribution in [0, 0.1) is 17.0 Å². The molecule has 28 heavy (non-hydrogen) atoms. The summed E-state index contributed by atoms with van der Waals surface area (Å²) in [5.41, 5.74) is 1.03. The molecule has 0 unspecified atom stereocenters. The molecule has 0 heterocycles. The molecule has 2 aromatic rings. The van der Waals surface area contributed by atoms with Crippen LogP contribution in [0.3, 0.4) is 0 Å². The molecular formula is C20H24N2O5S. The molecular weight excluding hydrogens is 380 g/mol. The molecule has 0 saturated heterocycles. The van der Waals surface area contributed by atoms with Crippen LogP contribution in [0.2, 0.25) is 0 Å². The van der Waals surface area contributed by atoms with Crippen molar-refractivity contribution in [3.63, 3.8) is 0 Å². The number of nitrogens with zero attached hydrogens (tertiary/aromatic N) is 1. The third kappa shape index (κ3) is 4.02. The first kappa shape index (κ1) is 20.3. The van der Waals surface area contributed by atoms with Crippen LogP contribution in [0.15, 0.2) is 47.4 Å². The number of hydrogen-bond acceptors (Lipinski definition) is 5. The third-order valence-corrected chi connectivity index (χ3v) is 7.08. The molecule has 1 saturated carbocycles. The molecule has 7 nitrogen and oxygen atoms in total. The van der Waals surface area contributed by atoms with Gasteiger partial charge in [0.2, 0.25) is 10.0 Å². The number of benzene rings is 2. The Morgan fingerprint density at radius 3 is 2.36 bits per heavy atom. The van der Waals surface area contributed by atoms with Gasteiger partial charge < -0.3 is 4.74 Å². The van der Waals surface area contributed by atoms with Crippen LogP contribution >= 0.6 is 0 Å². The molecule has 1 aliphatic carbocycles. The summed E-state index contributed by atoms with van der Waals surface area (Å²) < 4.78 is 33.7. The van der Waals surface area contributed by atoms with E-state index in [1.807, 2.05) is 24.3 Å².